The summed E-state index contributed by atoms with van der Waals surface area (Å²) in [4.78, 5) is 22.6. The van der Waals surface area contributed by atoms with E-state index in [1.807, 2.05) is 6.92 Å². The van der Waals surface area contributed by atoms with Crippen LogP contribution in [0.15, 0.2) is 0 Å². The topological polar surface area (TPSA) is 92.4 Å². The highest BCUT2D eigenvalue weighted by Crippen LogP contribution is 2.20. The van der Waals surface area contributed by atoms with Gasteiger partial charge in [0.05, 0.1) is 5.54 Å². The molecule has 0 aromatic rings. The van der Waals surface area contributed by atoms with Gasteiger partial charge in [-0.05, 0) is 38.0 Å². The van der Waals surface area contributed by atoms with Crippen LogP contribution in [0.3, 0.4) is 0 Å². The quantitative estimate of drug-likeness (QED) is 0.573. The molecule has 0 fully saturated rings. The average Bonchev–Trinajstić information content (AvgIpc) is 2.32. The van der Waals surface area contributed by atoms with E-state index in [9.17, 15) is 9.59 Å². The highest BCUT2D eigenvalue weighted by Gasteiger charge is 2.26. The van der Waals surface area contributed by atoms with Crippen molar-refractivity contribution in [1.29, 1.82) is 0 Å². The molecule has 0 radical (unpaired) electrons. The molecular formula is C15H30N2O3. The van der Waals surface area contributed by atoms with Crippen molar-refractivity contribution in [2.75, 3.05) is 6.54 Å². The van der Waals surface area contributed by atoms with Crippen molar-refractivity contribution in [3.05, 3.63) is 0 Å². The molecule has 0 aromatic carbocycles. The first-order chi connectivity index (χ1) is 9.20. The molecule has 4 N–H and O–H groups in total. The van der Waals surface area contributed by atoms with Gasteiger partial charge in [-0.1, -0.05) is 27.2 Å². The molecule has 20 heavy (non-hydrogen) atoms. The zero-order valence-corrected chi connectivity index (χ0v) is 13.2. The molecule has 0 rings (SSSR count). The lowest BCUT2D eigenvalue weighted by Crippen LogP contribution is -2.51. The first kappa shape index (κ1) is 18.9. The van der Waals surface area contributed by atoms with Gasteiger partial charge >= 0.3 is 5.97 Å². The lowest BCUT2D eigenvalue weighted by atomic mass is 9.88. The third-order valence-electron chi connectivity index (χ3n) is 3.76. The van der Waals surface area contributed by atoms with Crippen molar-refractivity contribution in [3.63, 3.8) is 0 Å². The monoisotopic (exact) mass is 286 g/mol. The first-order valence-corrected chi connectivity index (χ1v) is 7.49. The number of rotatable bonds is 10. The summed E-state index contributed by atoms with van der Waals surface area (Å²) in [6.45, 7) is 8.46. The number of carboxylic acids is 1. The second kappa shape index (κ2) is 8.95. The molecule has 0 spiro atoms. The molecule has 2 unspecified atom stereocenters. The van der Waals surface area contributed by atoms with Crippen molar-refractivity contribution in [1.82, 2.24) is 5.32 Å². The molecule has 0 bridgehead atoms. The van der Waals surface area contributed by atoms with E-state index in [0.29, 0.717) is 31.2 Å². The van der Waals surface area contributed by atoms with E-state index in [1.54, 1.807) is 6.92 Å². The number of hydrogen-bond acceptors (Lipinski definition) is 3. The lowest BCUT2D eigenvalue weighted by molar-refractivity contribution is -0.137. The molecule has 1 amide bonds. The van der Waals surface area contributed by atoms with Gasteiger partial charge in [0.1, 0.15) is 0 Å². The Balaban J connectivity index is 4.17. The Morgan fingerprint density at radius 2 is 1.90 bits per heavy atom. The van der Waals surface area contributed by atoms with Crippen LogP contribution >= 0.6 is 0 Å². The summed E-state index contributed by atoms with van der Waals surface area (Å²) < 4.78 is 0. The van der Waals surface area contributed by atoms with Gasteiger partial charge in [-0.15, -0.1) is 0 Å². The molecule has 118 valence electrons. The minimum Gasteiger partial charge on any atom is -0.481 e. The summed E-state index contributed by atoms with van der Waals surface area (Å²) in [6, 6.07) is 0. The normalized spacial score (nSPS) is 15.7. The summed E-state index contributed by atoms with van der Waals surface area (Å²) in [6.07, 6.45) is 3.15. The molecule has 0 aliphatic carbocycles. The number of hydrogen-bond donors (Lipinski definition) is 3. The Bertz CT molecular complexity index is 314. The minimum atomic E-state index is -0.816. The van der Waals surface area contributed by atoms with Crippen LogP contribution in [0.4, 0.5) is 0 Å². The highest BCUT2D eigenvalue weighted by molar-refractivity contribution is 5.85. The first-order valence-electron chi connectivity index (χ1n) is 7.49. The van der Waals surface area contributed by atoms with E-state index < -0.39 is 11.5 Å². The maximum atomic E-state index is 11.9. The number of carboxylic acid groups (broad SMARTS) is 1. The van der Waals surface area contributed by atoms with Gasteiger partial charge in [0.25, 0.3) is 0 Å². The number of nitrogens with two attached hydrogens (primary N) is 1. The van der Waals surface area contributed by atoms with Crippen molar-refractivity contribution < 1.29 is 14.7 Å². The molecule has 0 aromatic heterocycles. The van der Waals surface area contributed by atoms with Gasteiger partial charge in [-0.2, -0.15) is 0 Å². The van der Waals surface area contributed by atoms with Crippen LogP contribution in [0.2, 0.25) is 0 Å². The average molecular weight is 286 g/mol. The molecule has 5 heteroatoms. The maximum absolute atomic E-state index is 11.9. The molecule has 5 nitrogen and oxygen atoms in total. The van der Waals surface area contributed by atoms with E-state index >= 15 is 0 Å². The fourth-order valence-electron chi connectivity index (χ4n) is 2.33. The Morgan fingerprint density at radius 3 is 2.35 bits per heavy atom. The van der Waals surface area contributed by atoms with Crippen molar-refractivity contribution >= 4 is 11.9 Å². The summed E-state index contributed by atoms with van der Waals surface area (Å²) in [5.41, 5.74) is 5.14. The van der Waals surface area contributed by atoms with Crippen LogP contribution in [-0.4, -0.2) is 29.1 Å². The smallest absolute Gasteiger partial charge is 0.303 e. The number of amides is 1. The molecule has 2 atom stereocenters. The van der Waals surface area contributed by atoms with Gasteiger partial charge < -0.3 is 16.2 Å². The SMILES string of the molecule is CCCC(C)(N)C(=O)NCCC(CCC(=O)O)C(C)C. The van der Waals surface area contributed by atoms with E-state index in [0.717, 1.165) is 12.8 Å². The highest BCUT2D eigenvalue weighted by atomic mass is 16.4. The molecular weight excluding hydrogens is 256 g/mol. The number of aliphatic carboxylic acids is 1. The molecule has 0 saturated carbocycles. The molecule has 0 aliphatic heterocycles. The van der Waals surface area contributed by atoms with Crippen molar-refractivity contribution in [3.8, 4) is 0 Å². The summed E-state index contributed by atoms with van der Waals surface area (Å²) in [5, 5.41) is 11.6. The lowest BCUT2D eigenvalue weighted by Gasteiger charge is -2.25. The van der Waals surface area contributed by atoms with Gasteiger partial charge in [0, 0.05) is 13.0 Å². The summed E-state index contributed by atoms with van der Waals surface area (Å²) in [5.74, 6) is -0.176. The fraction of sp³-hybridized carbons (Fsp3) is 0.867. The molecule has 0 saturated heterocycles. The van der Waals surface area contributed by atoms with Crippen LogP contribution < -0.4 is 11.1 Å². The number of nitrogens with one attached hydrogen (secondary N) is 1. The predicted molar refractivity (Wildman–Crippen MR) is 80.3 cm³/mol. The maximum Gasteiger partial charge on any atom is 0.303 e. The van der Waals surface area contributed by atoms with Crippen LogP contribution in [0, 0.1) is 11.8 Å². The molecule has 0 aliphatic rings. The van der Waals surface area contributed by atoms with E-state index in [2.05, 4.69) is 19.2 Å². The standard InChI is InChI=1S/C15H30N2O3/c1-5-9-15(4,16)14(20)17-10-8-12(11(2)3)6-7-13(18)19/h11-12H,5-10,16H2,1-4H3,(H,17,20)(H,18,19). The van der Waals surface area contributed by atoms with E-state index in [4.69, 9.17) is 10.8 Å². The second-order valence-corrected chi connectivity index (χ2v) is 6.15. The van der Waals surface area contributed by atoms with Gasteiger partial charge in [0.2, 0.25) is 5.91 Å². The van der Waals surface area contributed by atoms with E-state index in [-0.39, 0.29) is 12.3 Å². The predicted octanol–water partition coefficient (Wildman–Crippen LogP) is 2.15. The van der Waals surface area contributed by atoms with Crippen LogP contribution in [0.5, 0.6) is 0 Å². The van der Waals surface area contributed by atoms with Gasteiger partial charge in [-0.3, -0.25) is 9.59 Å². The van der Waals surface area contributed by atoms with Crippen molar-refractivity contribution in [2.45, 2.75) is 65.3 Å². The van der Waals surface area contributed by atoms with Crippen molar-refractivity contribution in [2.24, 2.45) is 17.6 Å². The minimum absolute atomic E-state index is 0.125. The number of carbonyl (C=O) groups excluding carboxylic acids is 1. The Hall–Kier alpha value is -1.10. The Morgan fingerprint density at radius 1 is 1.30 bits per heavy atom. The largest absolute Gasteiger partial charge is 0.481 e. The fourth-order valence-corrected chi connectivity index (χ4v) is 2.33. The van der Waals surface area contributed by atoms with E-state index in [1.165, 1.54) is 0 Å². The van der Waals surface area contributed by atoms with Crippen LogP contribution in [0.1, 0.15) is 59.8 Å². The zero-order chi connectivity index (χ0) is 15.8. The summed E-state index contributed by atoms with van der Waals surface area (Å²) >= 11 is 0. The van der Waals surface area contributed by atoms with Crippen LogP contribution in [-0.2, 0) is 9.59 Å². The third-order valence-corrected chi connectivity index (χ3v) is 3.76. The van der Waals surface area contributed by atoms with Crippen LogP contribution in [0.25, 0.3) is 0 Å². The van der Waals surface area contributed by atoms with Gasteiger partial charge in [0.15, 0.2) is 0 Å². The Kier molecular flexibility index (Phi) is 8.46. The third kappa shape index (κ3) is 7.48. The zero-order valence-electron chi connectivity index (χ0n) is 13.2. The number of carbonyl (C=O) groups is 2. The summed E-state index contributed by atoms with van der Waals surface area (Å²) in [7, 11) is 0. The second-order valence-electron chi connectivity index (χ2n) is 6.15. The Labute approximate surface area is 122 Å². The van der Waals surface area contributed by atoms with Gasteiger partial charge in [-0.25, -0.2) is 0 Å². The molecule has 0 heterocycles.